The van der Waals surface area contributed by atoms with Crippen LogP contribution in [-0.4, -0.2) is 19.5 Å². The second-order valence-corrected chi connectivity index (χ2v) is 2.37. The van der Waals surface area contributed by atoms with Crippen molar-refractivity contribution in [2.45, 2.75) is 12.8 Å². The second kappa shape index (κ2) is 4.08. The van der Waals surface area contributed by atoms with Crippen LogP contribution in [0.2, 0.25) is 0 Å². The van der Waals surface area contributed by atoms with Crippen LogP contribution in [-0.2, 0) is 9.53 Å². The lowest BCUT2D eigenvalue weighted by molar-refractivity contribution is -0.103. The van der Waals surface area contributed by atoms with Gasteiger partial charge in [-0.3, -0.25) is 4.79 Å². The molecule has 0 saturated carbocycles. The van der Waals surface area contributed by atoms with Gasteiger partial charge in [0.1, 0.15) is 0 Å². The average molecular weight is 138 g/mol. The number of hydrogen-bond acceptors (Lipinski definition) is 2. The lowest BCUT2D eigenvalue weighted by Gasteiger charge is -1.97. The van der Waals surface area contributed by atoms with E-state index >= 15 is 0 Å². The van der Waals surface area contributed by atoms with Gasteiger partial charge in [0.25, 0.3) is 0 Å². The number of ether oxygens (including phenoxy) is 1. The molecule has 0 N–H and O–H groups in total. The summed E-state index contributed by atoms with van der Waals surface area (Å²) in [6, 6.07) is 0. The van der Waals surface area contributed by atoms with Crippen molar-refractivity contribution in [1.29, 1.82) is 0 Å². The van der Waals surface area contributed by atoms with Gasteiger partial charge in [0, 0.05) is 13.0 Å². The van der Waals surface area contributed by atoms with Gasteiger partial charge >= 0.3 is 0 Å². The average Bonchev–Trinajstić information content (AvgIpc) is 2.41. The van der Waals surface area contributed by atoms with Crippen molar-refractivity contribution in [2.75, 3.05) is 13.2 Å². The van der Waals surface area contributed by atoms with E-state index in [1.165, 1.54) is 0 Å². The SMILES string of the molecule is O=CC#CCC1CCOC1. The molecule has 2 nitrogen and oxygen atoms in total. The second-order valence-electron chi connectivity index (χ2n) is 2.37. The minimum atomic E-state index is 0.562. The highest BCUT2D eigenvalue weighted by Gasteiger charge is 2.13. The zero-order valence-corrected chi connectivity index (χ0v) is 5.80. The van der Waals surface area contributed by atoms with Crippen LogP contribution in [0.1, 0.15) is 12.8 Å². The largest absolute Gasteiger partial charge is 0.381 e. The van der Waals surface area contributed by atoms with Gasteiger partial charge in [-0.25, -0.2) is 0 Å². The molecule has 1 atom stereocenters. The summed E-state index contributed by atoms with van der Waals surface area (Å²) in [5, 5.41) is 0. The lowest BCUT2D eigenvalue weighted by atomic mass is 10.1. The van der Waals surface area contributed by atoms with E-state index in [-0.39, 0.29) is 0 Å². The zero-order valence-electron chi connectivity index (χ0n) is 5.80. The molecule has 10 heavy (non-hydrogen) atoms. The summed E-state index contributed by atoms with van der Waals surface area (Å²) in [4.78, 5) is 9.77. The molecule has 2 heteroatoms. The first-order valence-electron chi connectivity index (χ1n) is 3.43. The molecule has 0 spiro atoms. The van der Waals surface area contributed by atoms with Crippen molar-refractivity contribution >= 4 is 6.29 Å². The third-order valence-electron chi connectivity index (χ3n) is 1.58. The standard InChI is InChI=1S/C8H10O2/c9-5-2-1-3-8-4-6-10-7-8/h5,8H,3-4,6-7H2. The molecule has 1 fully saturated rings. The molecule has 0 bridgehead atoms. The Hall–Kier alpha value is -0.810. The highest BCUT2D eigenvalue weighted by atomic mass is 16.5. The number of aldehydes is 1. The van der Waals surface area contributed by atoms with Gasteiger partial charge in [-0.1, -0.05) is 5.92 Å². The maximum Gasteiger partial charge on any atom is 0.192 e. The van der Waals surface area contributed by atoms with Gasteiger partial charge in [0.2, 0.25) is 0 Å². The van der Waals surface area contributed by atoms with Gasteiger partial charge in [-0.2, -0.15) is 0 Å². The maximum atomic E-state index is 9.77. The first kappa shape index (κ1) is 7.30. The summed E-state index contributed by atoms with van der Waals surface area (Å²) in [6.07, 6.45) is 2.53. The quantitative estimate of drug-likeness (QED) is 0.392. The van der Waals surface area contributed by atoms with E-state index in [2.05, 4.69) is 11.8 Å². The summed E-state index contributed by atoms with van der Waals surface area (Å²) in [5.74, 6) is 5.73. The summed E-state index contributed by atoms with van der Waals surface area (Å²) < 4.78 is 5.13. The van der Waals surface area contributed by atoms with Crippen molar-refractivity contribution in [1.82, 2.24) is 0 Å². The highest BCUT2D eigenvalue weighted by Crippen LogP contribution is 2.14. The van der Waals surface area contributed by atoms with Crippen molar-refractivity contribution in [2.24, 2.45) is 5.92 Å². The number of carbonyl (C=O) groups excluding carboxylic acids is 1. The molecule has 1 aliphatic rings. The Morgan fingerprint density at radius 2 is 2.60 bits per heavy atom. The number of carbonyl (C=O) groups is 1. The molecular weight excluding hydrogens is 128 g/mol. The van der Waals surface area contributed by atoms with E-state index in [1.807, 2.05) is 0 Å². The van der Waals surface area contributed by atoms with Gasteiger partial charge in [-0.15, -0.1) is 0 Å². The summed E-state index contributed by atoms with van der Waals surface area (Å²) in [7, 11) is 0. The van der Waals surface area contributed by atoms with Crippen LogP contribution in [0.4, 0.5) is 0 Å². The Balaban J connectivity index is 2.18. The van der Waals surface area contributed by atoms with Crippen molar-refractivity contribution < 1.29 is 9.53 Å². The van der Waals surface area contributed by atoms with Crippen LogP contribution in [0.15, 0.2) is 0 Å². The molecule has 1 aliphatic heterocycles. The molecule has 0 aromatic carbocycles. The van der Waals surface area contributed by atoms with Crippen LogP contribution in [0.5, 0.6) is 0 Å². The van der Waals surface area contributed by atoms with E-state index < -0.39 is 0 Å². The normalized spacial score (nSPS) is 23.4. The van der Waals surface area contributed by atoms with Crippen molar-refractivity contribution in [3.8, 4) is 11.8 Å². The first-order valence-corrected chi connectivity index (χ1v) is 3.43. The van der Waals surface area contributed by atoms with Crippen LogP contribution >= 0.6 is 0 Å². The third kappa shape index (κ3) is 2.20. The Kier molecular flexibility index (Phi) is 2.98. The minimum absolute atomic E-state index is 0.562. The summed E-state index contributed by atoms with van der Waals surface area (Å²) >= 11 is 0. The fraction of sp³-hybridized carbons (Fsp3) is 0.625. The maximum absolute atomic E-state index is 9.77. The minimum Gasteiger partial charge on any atom is -0.381 e. The van der Waals surface area contributed by atoms with Gasteiger partial charge < -0.3 is 4.74 Å². The molecule has 0 aliphatic carbocycles. The molecule has 0 aromatic rings. The molecule has 0 amide bonds. The molecule has 1 unspecified atom stereocenters. The van der Waals surface area contributed by atoms with Crippen molar-refractivity contribution in [3.05, 3.63) is 0 Å². The van der Waals surface area contributed by atoms with E-state index in [9.17, 15) is 4.79 Å². The molecule has 0 aromatic heterocycles. The molecule has 1 heterocycles. The summed E-state index contributed by atoms with van der Waals surface area (Å²) in [6.45, 7) is 1.67. The molecule has 1 saturated heterocycles. The summed E-state index contributed by atoms with van der Waals surface area (Å²) in [5.41, 5.74) is 0. The van der Waals surface area contributed by atoms with Gasteiger partial charge in [0.05, 0.1) is 6.61 Å². The number of rotatable bonds is 1. The predicted molar refractivity (Wildman–Crippen MR) is 37.4 cm³/mol. The Morgan fingerprint density at radius 1 is 1.70 bits per heavy atom. The van der Waals surface area contributed by atoms with E-state index in [1.54, 1.807) is 0 Å². The van der Waals surface area contributed by atoms with Gasteiger partial charge in [-0.05, 0) is 18.3 Å². The molecule has 54 valence electrons. The topological polar surface area (TPSA) is 26.3 Å². The van der Waals surface area contributed by atoms with Gasteiger partial charge in [0.15, 0.2) is 6.29 Å². The predicted octanol–water partition coefficient (Wildman–Crippen LogP) is 0.615. The lowest BCUT2D eigenvalue weighted by Crippen LogP contribution is -1.96. The van der Waals surface area contributed by atoms with Crippen LogP contribution < -0.4 is 0 Å². The Bertz CT molecular complexity index is 158. The van der Waals surface area contributed by atoms with E-state index in [0.29, 0.717) is 12.2 Å². The van der Waals surface area contributed by atoms with Crippen LogP contribution in [0.25, 0.3) is 0 Å². The third-order valence-corrected chi connectivity index (χ3v) is 1.58. The monoisotopic (exact) mass is 138 g/mol. The van der Waals surface area contributed by atoms with Crippen LogP contribution in [0.3, 0.4) is 0 Å². The highest BCUT2D eigenvalue weighted by molar-refractivity contribution is 5.72. The fourth-order valence-electron chi connectivity index (χ4n) is 0.989. The van der Waals surface area contributed by atoms with E-state index in [4.69, 9.17) is 4.74 Å². The van der Waals surface area contributed by atoms with Crippen molar-refractivity contribution in [3.63, 3.8) is 0 Å². The number of hydrogen-bond donors (Lipinski definition) is 0. The molecule has 0 radical (unpaired) electrons. The van der Waals surface area contributed by atoms with E-state index in [0.717, 1.165) is 26.1 Å². The fourth-order valence-corrected chi connectivity index (χ4v) is 0.989. The first-order chi connectivity index (χ1) is 4.93. The smallest absolute Gasteiger partial charge is 0.192 e. The molecule has 1 rings (SSSR count). The zero-order chi connectivity index (χ0) is 7.23. The Labute approximate surface area is 60.6 Å². The Morgan fingerprint density at radius 3 is 3.20 bits per heavy atom. The molecular formula is C8H10O2. The van der Waals surface area contributed by atoms with Crippen LogP contribution in [0, 0.1) is 17.8 Å².